The number of anilines is 1. The van der Waals surface area contributed by atoms with Crippen LogP contribution in [0.5, 0.6) is 11.8 Å². The molecule has 0 saturated heterocycles. The Morgan fingerprint density at radius 3 is 2.63 bits per heavy atom. The number of aromatic nitrogens is 2. The first-order valence-electron chi connectivity index (χ1n) is 8.29. The van der Waals surface area contributed by atoms with E-state index in [1.54, 1.807) is 14.2 Å². The van der Waals surface area contributed by atoms with Crippen LogP contribution in [0.2, 0.25) is 0 Å². The zero-order chi connectivity index (χ0) is 19.1. The minimum atomic E-state index is 0.297. The lowest BCUT2D eigenvalue weighted by atomic mass is 10.1. The molecule has 0 atom stereocenters. The Labute approximate surface area is 161 Å². The quantitative estimate of drug-likeness (QED) is 0.350. The van der Waals surface area contributed by atoms with E-state index in [1.165, 1.54) is 23.1 Å². The molecule has 0 radical (unpaired) electrons. The summed E-state index contributed by atoms with van der Waals surface area (Å²) >= 11 is 1.47. The second-order valence-corrected chi connectivity index (χ2v) is 6.71. The summed E-state index contributed by atoms with van der Waals surface area (Å²) in [6.07, 6.45) is 2.24. The van der Waals surface area contributed by atoms with Gasteiger partial charge < -0.3 is 20.0 Å². The van der Waals surface area contributed by atoms with Gasteiger partial charge in [0.2, 0.25) is 0 Å². The van der Waals surface area contributed by atoms with Gasteiger partial charge in [-0.15, -0.1) is 11.3 Å². The third-order valence-electron chi connectivity index (χ3n) is 3.83. The molecule has 2 aromatic heterocycles. The summed E-state index contributed by atoms with van der Waals surface area (Å²) in [5, 5.41) is 15.0. The first-order chi connectivity index (χ1) is 13.2. The molecule has 3 rings (SSSR count). The molecule has 8 heteroatoms. The van der Waals surface area contributed by atoms with Gasteiger partial charge in [0, 0.05) is 17.5 Å². The van der Waals surface area contributed by atoms with Crippen molar-refractivity contribution in [3.05, 3.63) is 52.9 Å². The van der Waals surface area contributed by atoms with Crippen molar-refractivity contribution in [3.63, 3.8) is 0 Å². The molecule has 7 nitrogen and oxygen atoms in total. The highest BCUT2D eigenvalue weighted by Crippen LogP contribution is 2.28. The molecule has 0 aliphatic carbocycles. The maximum absolute atomic E-state index is 8.66. The molecule has 0 fully saturated rings. The van der Waals surface area contributed by atoms with Crippen LogP contribution in [0.3, 0.4) is 0 Å². The zero-order valence-corrected chi connectivity index (χ0v) is 15.9. The summed E-state index contributed by atoms with van der Waals surface area (Å²) in [6.45, 7) is 0.721. The number of hydrogen-bond donors (Lipinski definition) is 2. The zero-order valence-electron chi connectivity index (χ0n) is 15.0. The SMILES string of the molecule is COc1ccc(CCNc2cc(-c3ccc(/C=N/O)s3)nc(OC)n2)cc1. The fraction of sp³-hybridized carbons (Fsp3) is 0.211. The van der Waals surface area contributed by atoms with Crippen molar-refractivity contribution in [1.29, 1.82) is 0 Å². The fourth-order valence-corrected chi connectivity index (χ4v) is 3.31. The van der Waals surface area contributed by atoms with E-state index in [4.69, 9.17) is 14.7 Å². The first-order valence-corrected chi connectivity index (χ1v) is 9.11. The van der Waals surface area contributed by atoms with Gasteiger partial charge in [0.15, 0.2) is 0 Å². The molecular weight excluding hydrogens is 364 g/mol. The standard InChI is InChI=1S/C19H20N4O3S/c1-25-14-5-3-13(4-6-14)9-10-20-18-11-16(22-19(23-18)26-2)17-8-7-15(27-17)12-21-24/h3-8,11-12,24H,9-10H2,1-2H3,(H,20,22,23)/b21-12+. The minimum absolute atomic E-state index is 0.297. The van der Waals surface area contributed by atoms with E-state index >= 15 is 0 Å². The Hall–Kier alpha value is -3.13. The predicted molar refractivity (Wildman–Crippen MR) is 106 cm³/mol. The van der Waals surface area contributed by atoms with Gasteiger partial charge in [0.05, 0.1) is 31.0 Å². The van der Waals surface area contributed by atoms with Crippen LogP contribution in [0.25, 0.3) is 10.6 Å². The molecule has 140 valence electrons. The summed E-state index contributed by atoms with van der Waals surface area (Å²) in [6, 6.07) is 13.9. The molecule has 0 aliphatic rings. The van der Waals surface area contributed by atoms with Gasteiger partial charge in [-0.1, -0.05) is 17.3 Å². The van der Waals surface area contributed by atoms with Gasteiger partial charge in [0.25, 0.3) is 0 Å². The average Bonchev–Trinajstić information content (AvgIpc) is 3.17. The van der Waals surface area contributed by atoms with E-state index in [2.05, 4.69) is 20.4 Å². The molecule has 0 aliphatic heterocycles. The highest BCUT2D eigenvalue weighted by Gasteiger charge is 2.09. The third kappa shape index (κ3) is 4.95. The van der Waals surface area contributed by atoms with Crippen molar-refractivity contribution in [3.8, 4) is 22.3 Å². The van der Waals surface area contributed by atoms with Gasteiger partial charge in [-0.05, 0) is 36.2 Å². The van der Waals surface area contributed by atoms with Crippen LogP contribution in [-0.4, -0.2) is 42.2 Å². The molecule has 2 N–H and O–H groups in total. The maximum atomic E-state index is 8.66. The van der Waals surface area contributed by atoms with Crippen LogP contribution >= 0.6 is 11.3 Å². The average molecular weight is 384 g/mol. The smallest absolute Gasteiger partial charge is 0.318 e. The largest absolute Gasteiger partial charge is 0.497 e. The van der Waals surface area contributed by atoms with Crippen LogP contribution in [0.4, 0.5) is 5.82 Å². The van der Waals surface area contributed by atoms with Gasteiger partial charge in [-0.2, -0.15) is 9.97 Å². The number of benzene rings is 1. The molecule has 0 saturated carbocycles. The van der Waals surface area contributed by atoms with Gasteiger partial charge in [-0.25, -0.2) is 0 Å². The van der Waals surface area contributed by atoms with Crippen molar-refractivity contribution in [2.75, 3.05) is 26.1 Å². The minimum Gasteiger partial charge on any atom is -0.497 e. The molecule has 0 spiro atoms. The Bertz CT molecular complexity index is 910. The molecule has 2 heterocycles. The lowest BCUT2D eigenvalue weighted by Crippen LogP contribution is -2.07. The highest BCUT2D eigenvalue weighted by atomic mass is 32.1. The van der Waals surface area contributed by atoms with E-state index in [0.717, 1.165) is 34.2 Å². The second kappa shape index (κ2) is 9.00. The summed E-state index contributed by atoms with van der Waals surface area (Å²) in [7, 11) is 3.20. The number of rotatable bonds is 8. The van der Waals surface area contributed by atoms with Crippen molar-refractivity contribution in [2.45, 2.75) is 6.42 Å². The van der Waals surface area contributed by atoms with Gasteiger partial charge in [-0.3, -0.25) is 0 Å². The van der Waals surface area contributed by atoms with Crippen molar-refractivity contribution < 1.29 is 14.7 Å². The number of nitrogens with zero attached hydrogens (tertiary/aromatic N) is 3. The van der Waals surface area contributed by atoms with Crippen molar-refractivity contribution in [1.82, 2.24) is 9.97 Å². The van der Waals surface area contributed by atoms with E-state index in [9.17, 15) is 0 Å². The number of hydrogen-bond acceptors (Lipinski definition) is 8. The first kappa shape index (κ1) is 18.7. The van der Waals surface area contributed by atoms with Crippen molar-refractivity contribution in [2.24, 2.45) is 5.16 Å². The number of nitrogens with one attached hydrogen (secondary N) is 1. The monoisotopic (exact) mass is 384 g/mol. The van der Waals surface area contributed by atoms with Crippen LogP contribution < -0.4 is 14.8 Å². The summed E-state index contributed by atoms with van der Waals surface area (Å²) in [5.74, 6) is 1.54. The van der Waals surface area contributed by atoms with Crippen LogP contribution in [0.15, 0.2) is 47.6 Å². The van der Waals surface area contributed by atoms with E-state index in [1.807, 2.05) is 42.5 Å². The molecular formula is C19H20N4O3S. The van der Waals surface area contributed by atoms with Crippen LogP contribution in [0, 0.1) is 0 Å². The second-order valence-electron chi connectivity index (χ2n) is 5.60. The van der Waals surface area contributed by atoms with Crippen LogP contribution in [-0.2, 0) is 6.42 Å². The summed E-state index contributed by atoms with van der Waals surface area (Å²) in [5.41, 5.74) is 1.95. The van der Waals surface area contributed by atoms with E-state index in [0.29, 0.717) is 11.8 Å². The lowest BCUT2D eigenvalue weighted by molar-refractivity contribution is 0.322. The van der Waals surface area contributed by atoms with Gasteiger partial charge >= 0.3 is 6.01 Å². The topological polar surface area (TPSA) is 88.9 Å². The Morgan fingerprint density at radius 2 is 1.93 bits per heavy atom. The number of thiophene rings is 1. The Kier molecular flexibility index (Phi) is 6.22. The fourth-order valence-electron chi connectivity index (χ4n) is 2.48. The lowest BCUT2D eigenvalue weighted by Gasteiger charge is -2.09. The van der Waals surface area contributed by atoms with Crippen molar-refractivity contribution >= 4 is 23.4 Å². The molecule has 3 aromatic rings. The molecule has 1 aromatic carbocycles. The molecule has 0 bridgehead atoms. The van der Waals surface area contributed by atoms with E-state index < -0.39 is 0 Å². The van der Waals surface area contributed by atoms with E-state index in [-0.39, 0.29) is 0 Å². The number of oxime groups is 1. The number of methoxy groups -OCH3 is 2. The molecule has 0 unspecified atom stereocenters. The number of ether oxygens (including phenoxy) is 2. The van der Waals surface area contributed by atoms with Gasteiger partial charge in [0.1, 0.15) is 11.6 Å². The highest BCUT2D eigenvalue weighted by molar-refractivity contribution is 7.17. The normalized spacial score (nSPS) is 10.9. The maximum Gasteiger partial charge on any atom is 0.318 e. The molecule has 27 heavy (non-hydrogen) atoms. The Morgan fingerprint density at radius 1 is 1.11 bits per heavy atom. The summed E-state index contributed by atoms with van der Waals surface area (Å²) < 4.78 is 10.4. The third-order valence-corrected chi connectivity index (χ3v) is 4.87. The summed E-state index contributed by atoms with van der Waals surface area (Å²) in [4.78, 5) is 10.5. The Balaban J connectivity index is 1.70. The molecule has 0 amide bonds. The van der Waals surface area contributed by atoms with Crippen LogP contribution in [0.1, 0.15) is 10.4 Å². The predicted octanol–water partition coefficient (Wildman–Crippen LogP) is 3.69.